The van der Waals surface area contributed by atoms with E-state index in [4.69, 9.17) is 5.11 Å². The zero-order valence-corrected chi connectivity index (χ0v) is 12.4. The molecule has 116 valence electrons. The van der Waals surface area contributed by atoms with Gasteiger partial charge in [0.2, 0.25) is 10.0 Å². The van der Waals surface area contributed by atoms with Crippen molar-refractivity contribution in [1.29, 1.82) is 0 Å². The summed E-state index contributed by atoms with van der Waals surface area (Å²) in [5, 5.41) is 20.0. The molecule has 1 rings (SSSR count). The molecule has 9 heteroatoms. The first kappa shape index (κ1) is 17.1. The first-order valence-corrected chi connectivity index (χ1v) is 7.68. The van der Waals surface area contributed by atoms with Gasteiger partial charge in [0, 0.05) is 6.07 Å². The monoisotopic (exact) mass is 316 g/mol. The number of sulfonamides is 1. The Balaban J connectivity index is 3.31. The quantitative estimate of drug-likeness (QED) is 0.579. The van der Waals surface area contributed by atoms with E-state index in [-0.39, 0.29) is 12.0 Å². The first-order chi connectivity index (χ1) is 9.70. The lowest BCUT2D eigenvalue weighted by atomic mass is 10.2. The molecule has 21 heavy (non-hydrogen) atoms. The highest BCUT2D eigenvalue weighted by Gasteiger charge is 2.31. The highest BCUT2D eigenvalue weighted by molar-refractivity contribution is 7.89. The van der Waals surface area contributed by atoms with Crippen LogP contribution in [0.1, 0.15) is 25.3 Å². The van der Waals surface area contributed by atoms with Crippen molar-refractivity contribution in [2.75, 3.05) is 0 Å². The topological polar surface area (TPSA) is 127 Å². The fourth-order valence-corrected chi connectivity index (χ4v) is 3.52. The minimum absolute atomic E-state index is 0.0915. The number of nitrogens with zero attached hydrogens (tertiary/aromatic N) is 1. The zero-order valence-electron chi connectivity index (χ0n) is 11.6. The number of rotatable bonds is 7. The van der Waals surface area contributed by atoms with Gasteiger partial charge < -0.3 is 5.11 Å². The summed E-state index contributed by atoms with van der Waals surface area (Å²) in [6, 6.07) is 2.53. The maximum absolute atomic E-state index is 12.3. The Bertz CT molecular complexity index is 656. The van der Waals surface area contributed by atoms with Gasteiger partial charge in [-0.2, -0.15) is 4.72 Å². The molecule has 0 unspecified atom stereocenters. The van der Waals surface area contributed by atoms with Crippen molar-refractivity contribution in [3.05, 3.63) is 33.9 Å². The maximum atomic E-state index is 12.3. The van der Waals surface area contributed by atoms with Gasteiger partial charge in [-0.3, -0.25) is 14.9 Å². The highest BCUT2D eigenvalue weighted by atomic mass is 32.2. The molecular formula is C12H16N2O6S. The van der Waals surface area contributed by atoms with Gasteiger partial charge in [-0.05, 0) is 18.9 Å². The summed E-state index contributed by atoms with van der Waals surface area (Å²) in [6.45, 7) is 3.12. The van der Waals surface area contributed by atoms with Crippen molar-refractivity contribution in [3.8, 4) is 0 Å². The molecule has 2 N–H and O–H groups in total. The van der Waals surface area contributed by atoms with Crippen molar-refractivity contribution < 1.29 is 23.2 Å². The van der Waals surface area contributed by atoms with Gasteiger partial charge in [0.05, 0.1) is 4.92 Å². The van der Waals surface area contributed by atoms with Crippen LogP contribution in [-0.2, 0) is 14.8 Å². The maximum Gasteiger partial charge on any atom is 0.321 e. The molecule has 0 aromatic heterocycles. The van der Waals surface area contributed by atoms with Gasteiger partial charge in [0.1, 0.15) is 6.04 Å². The summed E-state index contributed by atoms with van der Waals surface area (Å²) < 4.78 is 26.6. The minimum atomic E-state index is -4.31. The Kier molecular flexibility index (Phi) is 5.39. The predicted molar refractivity (Wildman–Crippen MR) is 74.5 cm³/mol. The fourth-order valence-electron chi connectivity index (χ4n) is 1.90. The number of hydrogen-bond donors (Lipinski definition) is 2. The number of benzene rings is 1. The second kappa shape index (κ2) is 6.64. The lowest BCUT2D eigenvalue weighted by Gasteiger charge is -2.15. The van der Waals surface area contributed by atoms with Crippen LogP contribution in [0.3, 0.4) is 0 Å². The molecule has 0 fully saturated rings. The molecule has 0 bridgehead atoms. The Morgan fingerprint density at radius 3 is 2.57 bits per heavy atom. The molecule has 0 amide bonds. The van der Waals surface area contributed by atoms with Crippen LogP contribution in [0.15, 0.2) is 23.1 Å². The fraction of sp³-hybridized carbons (Fsp3) is 0.417. The molecule has 0 heterocycles. The molecule has 0 radical (unpaired) electrons. The number of carbonyl (C=O) groups is 1. The van der Waals surface area contributed by atoms with E-state index in [2.05, 4.69) is 0 Å². The molecule has 0 saturated heterocycles. The van der Waals surface area contributed by atoms with Crippen LogP contribution in [0.25, 0.3) is 0 Å². The van der Waals surface area contributed by atoms with Crippen molar-refractivity contribution in [1.82, 2.24) is 4.72 Å². The zero-order chi connectivity index (χ0) is 16.2. The third kappa shape index (κ3) is 3.99. The Labute approximate surface area is 122 Å². The van der Waals surface area contributed by atoms with Crippen LogP contribution >= 0.6 is 0 Å². The van der Waals surface area contributed by atoms with E-state index in [0.29, 0.717) is 6.42 Å². The van der Waals surface area contributed by atoms with Gasteiger partial charge in [-0.25, -0.2) is 8.42 Å². The lowest BCUT2D eigenvalue weighted by molar-refractivity contribution is -0.387. The van der Waals surface area contributed by atoms with E-state index in [9.17, 15) is 23.3 Å². The Hall–Kier alpha value is -2.00. The average Bonchev–Trinajstić information content (AvgIpc) is 2.37. The lowest BCUT2D eigenvalue weighted by Crippen LogP contribution is -2.41. The van der Waals surface area contributed by atoms with Crippen LogP contribution in [0.4, 0.5) is 5.69 Å². The summed E-state index contributed by atoms with van der Waals surface area (Å²) in [4.78, 5) is 20.7. The SMILES string of the molecule is CCC[C@@H](NS(=O)(=O)c1c(C)cccc1[N+](=O)[O-])C(=O)O. The van der Waals surface area contributed by atoms with Gasteiger partial charge >= 0.3 is 5.97 Å². The molecule has 1 aromatic rings. The Morgan fingerprint density at radius 2 is 2.10 bits per heavy atom. The van der Waals surface area contributed by atoms with Gasteiger partial charge in [0.25, 0.3) is 5.69 Å². The number of aliphatic carboxylic acids is 1. The molecule has 0 aliphatic carbocycles. The third-order valence-corrected chi connectivity index (χ3v) is 4.49. The number of carboxylic acid groups (broad SMARTS) is 1. The number of carboxylic acids is 1. The van der Waals surface area contributed by atoms with Crippen molar-refractivity contribution in [2.24, 2.45) is 0 Å². The second-order valence-corrected chi connectivity index (χ2v) is 6.13. The molecule has 0 saturated carbocycles. The van der Waals surface area contributed by atoms with E-state index in [1.54, 1.807) is 6.92 Å². The average molecular weight is 316 g/mol. The van der Waals surface area contributed by atoms with E-state index in [1.807, 2.05) is 4.72 Å². The summed E-state index contributed by atoms with van der Waals surface area (Å²) in [6.07, 6.45) is 0.545. The normalized spacial score (nSPS) is 12.9. The third-order valence-electron chi connectivity index (χ3n) is 2.83. The summed E-state index contributed by atoms with van der Waals surface area (Å²) >= 11 is 0. The van der Waals surface area contributed by atoms with Crippen LogP contribution in [0.5, 0.6) is 0 Å². The predicted octanol–water partition coefficient (Wildman–Crippen LogP) is 1.43. The smallest absolute Gasteiger partial charge is 0.321 e. The standard InChI is InChI=1S/C12H16N2O6S/c1-3-5-9(12(15)16)13-21(19,20)11-8(2)6-4-7-10(11)14(17)18/h4,6-7,9,13H,3,5H2,1-2H3,(H,15,16)/t9-/m1/s1. The minimum Gasteiger partial charge on any atom is -0.480 e. The van der Waals surface area contributed by atoms with Crippen LogP contribution < -0.4 is 4.72 Å². The van der Waals surface area contributed by atoms with E-state index < -0.39 is 37.5 Å². The molecule has 1 aromatic carbocycles. The second-order valence-electron chi connectivity index (χ2n) is 4.48. The van der Waals surface area contributed by atoms with Gasteiger partial charge in [-0.15, -0.1) is 0 Å². The largest absolute Gasteiger partial charge is 0.480 e. The Morgan fingerprint density at radius 1 is 1.48 bits per heavy atom. The summed E-state index contributed by atoms with van der Waals surface area (Å²) in [5.41, 5.74) is -0.402. The van der Waals surface area contributed by atoms with Crippen LogP contribution in [0, 0.1) is 17.0 Å². The molecule has 0 spiro atoms. The number of hydrogen-bond acceptors (Lipinski definition) is 5. The number of nitro benzene ring substituents is 1. The van der Waals surface area contributed by atoms with Crippen LogP contribution in [-0.4, -0.2) is 30.5 Å². The summed E-state index contributed by atoms with van der Waals surface area (Å²) in [5.74, 6) is -1.32. The number of aryl methyl sites for hydroxylation is 1. The first-order valence-electron chi connectivity index (χ1n) is 6.19. The van der Waals surface area contributed by atoms with E-state index in [1.165, 1.54) is 19.1 Å². The van der Waals surface area contributed by atoms with Gasteiger partial charge in [-0.1, -0.05) is 25.5 Å². The molecule has 0 aliphatic rings. The highest BCUT2D eigenvalue weighted by Crippen LogP contribution is 2.27. The number of nitro groups is 1. The number of nitrogens with one attached hydrogen (secondary N) is 1. The van der Waals surface area contributed by atoms with E-state index in [0.717, 1.165) is 6.07 Å². The molecule has 8 nitrogen and oxygen atoms in total. The molecular weight excluding hydrogens is 300 g/mol. The van der Waals surface area contributed by atoms with Gasteiger partial charge in [0.15, 0.2) is 4.90 Å². The molecule has 0 aliphatic heterocycles. The van der Waals surface area contributed by atoms with Crippen LogP contribution in [0.2, 0.25) is 0 Å². The van der Waals surface area contributed by atoms with Crippen molar-refractivity contribution in [2.45, 2.75) is 37.6 Å². The summed E-state index contributed by atoms with van der Waals surface area (Å²) in [7, 11) is -4.31. The van der Waals surface area contributed by atoms with Crippen molar-refractivity contribution in [3.63, 3.8) is 0 Å². The van der Waals surface area contributed by atoms with E-state index >= 15 is 0 Å². The van der Waals surface area contributed by atoms with Crippen molar-refractivity contribution >= 4 is 21.7 Å². The molecule has 1 atom stereocenters.